The molecule has 0 aliphatic rings. The molecule has 2 heteroatoms. The van der Waals surface area contributed by atoms with Crippen molar-refractivity contribution in [2.24, 2.45) is 0 Å². The molecule has 0 aliphatic carbocycles. The second-order valence-electron chi connectivity index (χ2n) is 1.31. The van der Waals surface area contributed by atoms with Crippen LogP contribution >= 0.6 is 0 Å². The van der Waals surface area contributed by atoms with Crippen molar-refractivity contribution in [1.29, 1.82) is 0 Å². The van der Waals surface area contributed by atoms with Gasteiger partial charge in [-0.05, 0) is 0 Å². The molecule has 0 aromatic heterocycles. The van der Waals surface area contributed by atoms with Crippen LogP contribution in [0.25, 0.3) is 0 Å². The van der Waals surface area contributed by atoms with Crippen LogP contribution in [0.15, 0.2) is 0 Å². The van der Waals surface area contributed by atoms with Crippen molar-refractivity contribution < 1.29 is 17.6 Å². The summed E-state index contributed by atoms with van der Waals surface area (Å²) in [7, 11) is -0.380. The molecule has 0 atom stereocenters. The first-order chi connectivity index (χ1) is 2.81. The average Bonchev–Trinajstić information content (AvgIpc) is 1.65. The molecule has 0 aromatic carbocycles. The van der Waals surface area contributed by atoms with Gasteiger partial charge >= 0.3 is 52.9 Å². The predicted octanol–water partition coefficient (Wildman–Crippen LogP) is 1.56. The summed E-state index contributed by atoms with van der Waals surface area (Å²) in [5.41, 5.74) is 0. The second kappa shape index (κ2) is 4.42. The molecule has 0 saturated carbocycles. The molecular weight excluding hydrogens is 169 g/mol. The van der Waals surface area contributed by atoms with E-state index in [0.29, 0.717) is 0 Å². The van der Waals surface area contributed by atoms with Gasteiger partial charge in [-0.2, -0.15) is 0 Å². The second-order valence-corrected chi connectivity index (χ2v) is 12.5. The fourth-order valence-electron chi connectivity index (χ4n) is 0.250. The van der Waals surface area contributed by atoms with Gasteiger partial charge in [-0.15, -0.1) is 0 Å². The molecule has 0 radical (unpaired) electrons. The Morgan fingerprint density at radius 1 is 1.33 bits per heavy atom. The molecule has 0 N–H and O–H groups in total. The molecule has 0 nitrogen and oxygen atoms in total. The zero-order valence-electron chi connectivity index (χ0n) is 4.41. The molecule has 0 aromatic rings. The van der Waals surface area contributed by atoms with Crippen LogP contribution in [0.5, 0.6) is 0 Å². The Balaban J connectivity index is 2.99. The van der Waals surface area contributed by atoms with E-state index in [-0.39, 0.29) is 11.0 Å². The van der Waals surface area contributed by atoms with E-state index >= 15 is 0 Å². The van der Waals surface area contributed by atoms with Crippen molar-refractivity contribution in [3.05, 3.63) is 0 Å². The van der Waals surface area contributed by atoms with Crippen molar-refractivity contribution >= 4 is 11.0 Å². The van der Waals surface area contributed by atoms with Crippen molar-refractivity contribution in [3.63, 3.8) is 0 Å². The molecule has 0 amide bonds. The summed E-state index contributed by atoms with van der Waals surface area (Å²) in [6.07, 6.45) is 0. The van der Waals surface area contributed by atoms with Gasteiger partial charge in [-0.3, -0.25) is 0 Å². The summed E-state index contributed by atoms with van der Waals surface area (Å²) in [4.78, 5) is 0. The molecule has 0 aliphatic heterocycles. The molecule has 0 heterocycles. The third kappa shape index (κ3) is 3.45. The van der Waals surface area contributed by atoms with E-state index in [0.717, 1.165) is 0 Å². The summed E-state index contributed by atoms with van der Waals surface area (Å²) in [6, 6.07) is 0. The van der Waals surface area contributed by atoms with Crippen LogP contribution < -0.4 is 0 Å². The topological polar surface area (TPSA) is 0 Å². The van der Waals surface area contributed by atoms with E-state index < -0.39 is 0 Å². The Morgan fingerprint density at radius 3 is 1.67 bits per heavy atom. The summed E-state index contributed by atoms with van der Waals surface area (Å²) in [5, 5.41) is 2.99. The molecular formula is C4H10GeTi+2. The average molecular weight is 179 g/mol. The predicted molar refractivity (Wildman–Crippen MR) is 26.7 cm³/mol. The zero-order chi connectivity index (χ0) is 4.99. The molecule has 32 valence electrons. The fraction of sp³-hybridized carbons (Fsp3) is 1.00. The molecule has 0 spiro atoms. The summed E-state index contributed by atoms with van der Waals surface area (Å²) >= 11 is 2.44. The Kier molecular flexibility index (Phi) is 5.34. The number of hydrogen-bond donors (Lipinski definition) is 0. The maximum atomic E-state index is 2.44. The first-order valence-corrected chi connectivity index (χ1v) is 10.4. The van der Waals surface area contributed by atoms with Crippen LogP contribution in [0.3, 0.4) is 0 Å². The Morgan fingerprint density at radius 2 is 1.67 bits per heavy atom. The van der Waals surface area contributed by atoms with E-state index in [1.54, 1.807) is 0 Å². The number of rotatable bonds is 2. The van der Waals surface area contributed by atoms with Gasteiger partial charge in [0.1, 0.15) is 0 Å². The molecule has 0 saturated heterocycles. The standard InChI is InChI=1S/C4H10Ge.Ti/c1-3-5-4-2;/h3-4H2,1-2H3;/q;+2. The Bertz CT molecular complexity index is 45.5. The molecule has 0 rings (SSSR count). The monoisotopic (exact) mass is 180 g/mol. The van der Waals surface area contributed by atoms with Gasteiger partial charge in [0.05, 0.1) is 0 Å². The zero-order valence-corrected chi connectivity index (χ0v) is 8.07. The molecule has 0 bridgehead atoms. The van der Waals surface area contributed by atoms with Crippen molar-refractivity contribution in [3.8, 4) is 0 Å². The van der Waals surface area contributed by atoms with Gasteiger partial charge in [0.25, 0.3) is 0 Å². The van der Waals surface area contributed by atoms with Gasteiger partial charge in [-0.25, -0.2) is 0 Å². The van der Waals surface area contributed by atoms with Gasteiger partial charge in [0.15, 0.2) is 0 Å². The van der Waals surface area contributed by atoms with Crippen molar-refractivity contribution in [2.75, 3.05) is 0 Å². The molecule has 6 heavy (non-hydrogen) atoms. The van der Waals surface area contributed by atoms with Gasteiger partial charge in [0.2, 0.25) is 0 Å². The van der Waals surface area contributed by atoms with Crippen LogP contribution in [0.4, 0.5) is 0 Å². The van der Waals surface area contributed by atoms with Gasteiger partial charge in [0, 0.05) is 0 Å². The third-order valence-corrected chi connectivity index (χ3v) is 10.2. The van der Waals surface area contributed by atoms with Crippen molar-refractivity contribution in [2.45, 2.75) is 24.4 Å². The Labute approximate surface area is 52.9 Å². The van der Waals surface area contributed by atoms with E-state index in [1.165, 1.54) is 10.5 Å². The molecule has 0 unspecified atom stereocenters. The van der Waals surface area contributed by atoms with Crippen LogP contribution in [0, 0.1) is 0 Å². The fourth-order valence-corrected chi connectivity index (χ4v) is 1.30. The third-order valence-electron chi connectivity index (χ3n) is 0.854. The normalized spacial score (nSPS) is 8.67. The first-order valence-electron chi connectivity index (χ1n) is 2.37. The summed E-state index contributed by atoms with van der Waals surface area (Å²) < 4.78 is 0. The quantitative estimate of drug-likeness (QED) is 0.563. The van der Waals surface area contributed by atoms with E-state index in [2.05, 4.69) is 31.5 Å². The SMILES string of the molecule is C[CH2][Ge](=[Ti+2])[CH2]C. The van der Waals surface area contributed by atoms with Crippen molar-refractivity contribution in [1.82, 2.24) is 0 Å². The van der Waals surface area contributed by atoms with Crippen LogP contribution in [0.1, 0.15) is 13.8 Å². The maximum absolute atomic E-state index is 2.44. The van der Waals surface area contributed by atoms with Gasteiger partial charge in [-0.1, -0.05) is 0 Å². The van der Waals surface area contributed by atoms with Crippen LogP contribution in [0.2, 0.25) is 10.5 Å². The molecule has 0 fully saturated rings. The van der Waals surface area contributed by atoms with Crippen LogP contribution in [-0.4, -0.2) is 11.0 Å². The van der Waals surface area contributed by atoms with E-state index in [1.807, 2.05) is 0 Å². The minimum absolute atomic E-state index is 0.380. The summed E-state index contributed by atoms with van der Waals surface area (Å²) in [5.74, 6) is 0. The van der Waals surface area contributed by atoms with E-state index in [4.69, 9.17) is 0 Å². The van der Waals surface area contributed by atoms with Crippen LogP contribution in [-0.2, 0) is 17.6 Å². The van der Waals surface area contributed by atoms with E-state index in [9.17, 15) is 0 Å². The Hall–Kier alpha value is 1.26. The van der Waals surface area contributed by atoms with Gasteiger partial charge < -0.3 is 0 Å². The summed E-state index contributed by atoms with van der Waals surface area (Å²) in [6.45, 7) is 4.61. The first kappa shape index (κ1) is 7.26. The minimum atomic E-state index is -0.380. The number of hydrogen-bond acceptors (Lipinski definition) is 0.